The molecule has 0 aliphatic carbocycles. The van der Waals surface area contributed by atoms with Gasteiger partial charge in [-0.15, -0.1) is 0 Å². The minimum absolute atomic E-state index is 0.122. The minimum atomic E-state index is -0.254. The van der Waals surface area contributed by atoms with E-state index < -0.39 is 0 Å². The molecule has 0 aliphatic heterocycles. The van der Waals surface area contributed by atoms with Crippen molar-refractivity contribution in [1.82, 2.24) is 5.32 Å². The maximum atomic E-state index is 5.33. The van der Waals surface area contributed by atoms with Crippen LogP contribution in [-0.4, -0.2) is 40.2 Å². The fraction of sp³-hybridized carbons (Fsp3) is 0.571. The average molecular weight is 253 g/mol. The van der Waals surface area contributed by atoms with Gasteiger partial charge in [-0.2, -0.15) is 0 Å². The molecule has 1 N–H and O–H groups in total. The van der Waals surface area contributed by atoms with E-state index in [9.17, 15) is 0 Å². The predicted octanol–water partition coefficient (Wildman–Crippen LogP) is 1.83. The Labute approximate surface area is 109 Å². The number of ether oxygens (including phenoxy) is 3. The topological polar surface area (TPSA) is 39.7 Å². The molecular formula is C14H23NO3. The van der Waals surface area contributed by atoms with Crippen LogP contribution in [0, 0.1) is 0 Å². The van der Waals surface area contributed by atoms with Gasteiger partial charge in [0, 0.05) is 14.2 Å². The number of benzene rings is 1. The SMILES string of the molecule is CCNC(Cc1cccc(OC)c1)C(OC)OC. The Kier molecular flexibility index (Phi) is 6.72. The van der Waals surface area contributed by atoms with E-state index in [0.717, 1.165) is 18.7 Å². The first-order valence-corrected chi connectivity index (χ1v) is 6.17. The molecule has 0 aliphatic rings. The van der Waals surface area contributed by atoms with Gasteiger partial charge in [0.1, 0.15) is 5.75 Å². The van der Waals surface area contributed by atoms with Gasteiger partial charge in [-0.1, -0.05) is 19.1 Å². The van der Waals surface area contributed by atoms with Crippen LogP contribution in [0.1, 0.15) is 12.5 Å². The molecule has 1 unspecified atom stereocenters. The molecule has 18 heavy (non-hydrogen) atoms. The zero-order valence-electron chi connectivity index (χ0n) is 11.6. The molecule has 1 atom stereocenters. The van der Waals surface area contributed by atoms with Crippen molar-refractivity contribution in [2.24, 2.45) is 0 Å². The molecule has 0 heterocycles. The molecule has 0 amide bonds. The predicted molar refractivity (Wildman–Crippen MR) is 72.0 cm³/mol. The van der Waals surface area contributed by atoms with Gasteiger partial charge in [0.05, 0.1) is 13.2 Å². The van der Waals surface area contributed by atoms with Gasteiger partial charge in [-0.3, -0.25) is 0 Å². The summed E-state index contributed by atoms with van der Waals surface area (Å²) in [5.41, 5.74) is 1.19. The van der Waals surface area contributed by atoms with E-state index in [1.807, 2.05) is 18.2 Å². The van der Waals surface area contributed by atoms with Crippen LogP contribution in [0.5, 0.6) is 5.75 Å². The molecule has 102 valence electrons. The number of hydrogen-bond donors (Lipinski definition) is 1. The van der Waals surface area contributed by atoms with Crippen LogP contribution in [-0.2, 0) is 15.9 Å². The summed E-state index contributed by atoms with van der Waals surface area (Å²) in [6.45, 7) is 2.94. The fourth-order valence-corrected chi connectivity index (χ4v) is 2.00. The van der Waals surface area contributed by atoms with Gasteiger partial charge < -0.3 is 19.5 Å². The van der Waals surface area contributed by atoms with Crippen molar-refractivity contribution >= 4 is 0 Å². The van der Waals surface area contributed by atoms with Gasteiger partial charge >= 0.3 is 0 Å². The highest BCUT2D eigenvalue weighted by Gasteiger charge is 2.20. The molecule has 4 nitrogen and oxygen atoms in total. The van der Waals surface area contributed by atoms with E-state index in [-0.39, 0.29) is 12.3 Å². The van der Waals surface area contributed by atoms with Crippen molar-refractivity contribution in [3.63, 3.8) is 0 Å². The Morgan fingerprint density at radius 1 is 1.17 bits per heavy atom. The maximum absolute atomic E-state index is 5.33. The Balaban J connectivity index is 2.75. The molecule has 4 heteroatoms. The van der Waals surface area contributed by atoms with Crippen molar-refractivity contribution in [3.8, 4) is 5.75 Å². The Morgan fingerprint density at radius 3 is 2.44 bits per heavy atom. The van der Waals surface area contributed by atoms with Crippen LogP contribution in [0.3, 0.4) is 0 Å². The van der Waals surface area contributed by atoms with Gasteiger partial charge in [-0.25, -0.2) is 0 Å². The molecule has 0 bridgehead atoms. The standard InChI is InChI=1S/C14H23NO3/c1-5-15-13(14(17-3)18-4)10-11-7-6-8-12(9-11)16-2/h6-9,13-15H,5,10H2,1-4H3. The third-order valence-corrected chi connectivity index (χ3v) is 2.85. The number of hydrogen-bond acceptors (Lipinski definition) is 4. The molecule has 0 spiro atoms. The number of methoxy groups -OCH3 is 3. The third-order valence-electron chi connectivity index (χ3n) is 2.85. The van der Waals surface area contributed by atoms with Crippen molar-refractivity contribution in [2.45, 2.75) is 25.7 Å². The lowest BCUT2D eigenvalue weighted by Crippen LogP contribution is -2.43. The zero-order chi connectivity index (χ0) is 13.4. The minimum Gasteiger partial charge on any atom is -0.497 e. The van der Waals surface area contributed by atoms with Crippen molar-refractivity contribution in [1.29, 1.82) is 0 Å². The van der Waals surface area contributed by atoms with Crippen LogP contribution in [0.4, 0.5) is 0 Å². The highest BCUT2D eigenvalue weighted by atomic mass is 16.7. The third kappa shape index (κ3) is 4.29. The summed E-state index contributed by atoms with van der Waals surface area (Å²) < 4.78 is 15.9. The second-order valence-electron chi connectivity index (χ2n) is 4.06. The van der Waals surface area contributed by atoms with E-state index in [1.165, 1.54) is 5.56 Å². The van der Waals surface area contributed by atoms with Crippen LogP contribution in [0.2, 0.25) is 0 Å². The van der Waals surface area contributed by atoms with E-state index in [1.54, 1.807) is 21.3 Å². The lowest BCUT2D eigenvalue weighted by atomic mass is 10.1. The summed E-state index contributed by atoms with van der Waals surface area (Å²) in [7, 11) is 4.99. The molecular weight excluding hydrogens is 230 g/mol. The largest absolute Gasteiger partial charge is 0.497 e. The Bertz CT molecular complexity index is 340. The van der Waals surface area contributed by atoms with E-state index in [2.05, 4.69) is 18.3 Å². The molecule has 0 saturated carbocycles. The second kappa shape index (κ2) is 8.08. The summed E-state index contributed by atoms with van der Waals surface area (Å²) in [6, 6.07) is 8.17. The van der Waals surface area contributed by atoms with E-state index >= 15 is 0 Å². The second-order valence-corrected chi connectivity index (χ2v) is 4.06. The highest BCUT2D eigenvalue weighted by molar-refractivity contribution is 5.29. The van der Waals surface area contributed by atoms with Crippen LogP contribution >= 0.6 is 0 Å². The smallest absolute Gasteiger partial charge is 0.172 e. The number of likely N-dealkylation sites (N-methyl/N-ethyl adjacent to an activating group) is 1. The van der Waals surface area contributed by atoms with Crippen molar-refractivity contribution < 1.29 is 14.2 Å². The van der Waals surface area contributed by atoms with E-state index in [4.69, 9.17) is 14.2 Å². The lowest BCUT2D eigenvalue weighted by molar-refractivity contribution is -0.122. The molecule has 1 aromatic rings. The molecule has 0 aromatic heterocycles. The van der Waals surface area contributed by atoms with E-state index in [0.29, 0.717) is 0 Å². The molecule has 0 fully saturated rings. The first-order chi connectivity index (χ1) is 8.74. The van der Waals surface area contributed by atoms with Gasteiger partial charge in [0.25, 0.3) is 0 Å². The number of nitrogens with one attached hydrogen (secondary N) is 1. The summed E-state index contributed by atoms with van der Waals surface area (Å²) in [4.78, 5) is 0. The molecule has 1 rings (SSSR count). The fourth-order valence-electron chi connectivity index (χ4n) is 2.00. The Morgan fingerprint density at radius 2 is 1.89 bits per heavy atom. The van der Waals surface area contributed by atoms with Gasteiger partial charge in [-0.05, 0) is 30.7 Å². The summed E-state index contributed by atoms with van der Waals surface area (Å²) >= 11 is 0. The highest BCUT2D eigenvalue weighted by Crippen LogP contribution is 2.15. The van der Waals surface area contributed by atoms with Crippen molar-refractivity contribution in [2.75, 3.05) is 27.9 Å². The molecule has 0 radical (unpaired) electrons. The normalized spacial score (nSPS) is 12.7. The quantitative estimate of drug-likeness (QED) is 0.718. The van der Waals surface area contributed by atoms with Crippen LogP contribution < -0.4 is 10.1 Å². The van der Waals surface area contributed by atoms with Crippen LogP contribution in [0.15, 0.2) is 24.3 Å². The van der Waals surface area contributed by atoms with Crippen LogP contribution in [0.25, 0.3) is 0 Å². The average Bonchev–Trinajstić information content (AvgIpc) is 2.40. The number of rotatable bonds is 8. The summed E-state index contributed by atoms with van der Waals surface area (Å²) in [6.07, 6.45) is 0.577. The summed E-state index contributed by atoms with van der Waals surface area (Å²) in [5, 5.41) is 3.38. The van der Waals surface area contributed by atoms with Crippen molar-refractivity contribution in [3.05, 3.63) is 29.8 Å². The molecule has 0 saturated heterocycles. The van der Waals surface area contributed by atoms with Gasteiger partial charge in [0.15, 0.2) is 6.29 Å². The Hall–Kier alpha value is -1.10. The summed E-state index contributed by atoms with van der Waals surface area (Å²) in [5.74, 6) is 0.870. The zero-order valence-corrected chi connectivity index (χ0v) is 11.6. The maximum Gasteiger partial charge on any atom is 0.172 e. The first-order valence-electron chi connectivity index (χ1n) is 6.17. The first kappa shape index (κ1) is 15.0. The van der Waals surface area contributed by atoms with Gasteiger partial charge in [0.2, 0.25) is 0 Å². The molecule has 1 aromatic carbocycles. The lowest BCUT2D eigenvalue weighted by Gasteiger charge is -2.25. The monoisotopic (exact) mass is 253 g/mol.